The largest absolute Gasteiger partial charge is 0.465 e. The summed E-state index contributed by atoms with van der Waals surface area (Å²) < 4.78 is 10.7. The van der Waals surface area contributed by atoms with E-state index in [4.69, 9.17) is 15.2 Å². The average Bonchev–Trinajstić information content (AvgIpc) is 3.26. The highest BCUT2D eigenvalue weighted by atomic mass is 16.5. The number of aromatic nitrogens is 2. The zero-order valence-corrected chi connectivity index (χ0v) is 17.0. The van der Waals surface area contributed by atoms with Crippen molar-refractivity contribution < 1.29 is 19.1 Å². The second kappa shape index (κ2) is 6.73. The number of anilines is 1. The molecule has 31 heavy (non-hydrogen) atoms. The summed E-state index contributed by atoms with van der Waals surface area (Å²) in [5.41, 5.74) is 7.97. The first kappa shape index (κ1) is 18.9. The average molecular weight is 416 g/mol. The molecule has 1 spiro atoms. The van der Waals surface area contributed by atoms with Crippen molar-refractivity contribution in [2.24, 2.45) is 5.73 Å². The van der Waals surface area contributed by atoms with Gasteiger partial charge in [-0.2, -0.15) is 0 Å². The fourth-order valence-corrected chi connectivity index (χ4v) is 4.60. The van der Waals surface area contributed by atoms with Gasteiger partial charge in [0.1, 0.15) is 11.0 Å². The fraction of sp³-hybridized carbons (Fsp3) is 0.174. The van der Waals surface area contributed by atoms with Gasteiger partial charge in [0.05, 0.1) is 19.2 Å². The Morgan fingerprint density at radius 3 is 2.65 bits per heavy atom. The topological polar surface area (TPSA) is 111 Å². The number of carbonyl (C=O) groups excluding carboxylic acids is 2. The second-order valence-corrected chi connectivity index (χ2v) is 7.51. The van der Waals surface area contributed by atoms with Gasteiger partial charge in [0.15, 0.2) is 0 Å². The summed E-state index contributed by atoms with van der Waals surface area (Å²) in [5.74, 6) is -1.06. The molecule has 3 N–H and O–H groups in total. The summed E-state index contributed by atoms with van der Waals surface area (Å²) in [6.45, 7) is 2.11. The number of aryl methyl sites for hydroxylation is 1. The van der Waals surface area contributed by atoms with Crippen LogP contribution in [0.25, 0.3) is 0 Å². The van der Waals surface area contributed by atoms with E-state index in [-0.39, 0.29) is 23.2 Å². The summed E-state index contributed by atoms with van der Waals surface area (Å²) in [6, 6.07) is 17.0. The Kier molecular flexibility index (Phi) is 4.11. The van der Waals surface area contributed by atoms with Gasteiger partial charge in [-0.05, 0) is 18.6 Å². The van der Waals surface area contributed by atoms with Gasteiger partial charge in [-0.3, -0.25) is 9.89 Å². The van der Waals surface area contributed by atoms with E-state index >= 15 is 0 Å². The molecule has 0 saturated carbocycles. The molecule has 0 fully saturated rings. The first-order valence-electron chi connectivity index (χ1n) is 9.77. The molecule has 1 amide bonds. The van der Waals surface area contributed by atoms with Crippen molar-refractivity contribution in [3.8, 4) is 5.88 Å². The maximum absolute atomic E-state index is 14.3. The molecule has 8 heteroatoms. The Labute approximate surface area is 178 Å². The quantitative estimate of drug-likeness (QED) is 0.634. The van der Waals surface area contributed by atoms with Crippen LogP contribution in [-0.2, 0) is 26.3 Å². The molecule has 0 unspecified atom stereocenters. The molecule has 2 aromatic carbocycles. The molecule has 3 heterocycles. The van der Waals surface area contributed by atoms with Gasteiger partial charge in [0.2, 0.25) is 17.7 Å². The molecule has 2 aliphatic heterocycles. The molecule has 0 aliphatic carbocycles. The monoisotopic (exact) mass is 416 g/mol. The van der Waals surface area contributed by atoms with Crippen molar-refractivity contribution in [3.63, 3.8) is 0 Å². The lowest BCUT2D eigenvalue weighted by Crippen LogP contribution is -2.48. The highest BCUT2D eigenvalue weighted by Crippen LogP contribution is 2.56. The third-order valence-corrected chi connectivity index (χ3v) is 5.85. The number of amides is 1. The van der Waals surface area contributed by atoms with Crippen LogP contribution in [0.2, 0.25) is 0 Å². The lowest BCUT2D eigenvalue weighted by molar-refractivity contribution is -0.138. The molecule has 0 saturated heterocycles. The van der Waals surface area contributed by atoms with E-state index in [0.29, 0.717) is 29.1 Å². The van der Waals surface area contributed by atoms with Crippen LogP contribution in [0.5, 0.6) is 5.88 Å². The van der Waals surface area contributed by atoms with E-state index in [1.807, 2.05) is 54.6 Å². The molecule has 0 radical (unpaired) electrons. The van der Waals surface area contributed by atoms with E-state index in [1.54, 1.807) is 11.8 Å². The Morgan fingerprint density at radius 1 is 1.19 bits per heavy atom. The van der Waals surface area contributed by atoms with E-state index in [2.05, 4.69) is 10.2 Å². The zero-order chi connectivity index (χ0) is 21.8. The summed E-state index contributed by atoms with van der Waals surface area (Å²) in [5, 5.41) is 7.04. The SMILES string of the molecule is COC(=O)C1=C(N)Oc2n[nH]c(C)c2[C@]12C(=O)N(Cc1ccccc1)c1ccccc12. The maximum Gasteiger partial charge on any atom is 0.340 e. The Balaban J connectivity index is 1.82. The van der Waals surface area contributed by atoms with Crippen molar-refractivity contribution >= 4 is 17.6 Å². The number of para-hydroxylation sites is 1. The second-order valence-electron chi connectivity index (χ2n) is 7.51. The highest BCUT2D eigenvalue weighted by Gasteiger charge is 2.62. The van der Waals surface area contributed by atoms with Gasteiger partial charge in [0, 0.05) is 16.9 Å². The fourth-order valence-electron chi connectivity index (χ4n) is 4.60. The minimum Gasteiger partial charge on any atom is -0.465 e. The van der Waals surface area contributed by atoms with Crippen LogP contribution >= 0.6 is 0 Å². The van der Waals surface area contributed by atoms with Crippen LogP contribution in [0.3, 0.4) is 0 Å². The number of nitrogens with two attached hydrogens (primary N) is 1. The van der Waals surface area contributed by atoms with Gasteiger partial charge in [-0.15, -0.1) is 5.10 Å². The van der Waals surface area contributed by atoms with Crippen LogP contribution in [0.4, 0.5) is 5.69 Å². The molecule has 3 aromatic rings. The Morgan fingerprint density at radius 2 is 1.90 bits per heavy atom. The van der Waals surface area contributed by atoms with Crippen LogP contribution in [-0.4, -0.2) is 29.2 Å². The van der Waals surface area contributed by atoms with Gasteiger partial charge in [-0.25, -0.2) is 4.79 Å². The number of esters is 1. The summed E-state index contributed by atoms with van der Waals surface area (Å²) in [7, 11) is 1.25. The van der Waals surface area contributed by atoms with Gasteiger partial charge < -0.3 is 20.1 Å². The molecule has 0 bridgehead atoms. The number of nitrogens with zero attached hydrogens (tertiary/aromatic N) is 2. The number of hydrogen-bond donors (Lipinski definition) is 2. The summed E-state index contributed by atoms with van der Waals surface area (Å²) >= 11 is 0. The van der Waals surface area contributed by atoms with Crippen molar-refractivity contribution in [2.75, 3.05) is 12.0 Å². The smallest absolute Gasteiger partial charge is 0.340 e. The standard InChI is InChI=1S/C23H20N4O4/c1-13-17-20(26-25-13)31-19(24)18(21(28)30-2)23(17)15-10-6-7-11-16(15)27(22(23)29)12-14-8-4-3-5-9-14/h3-11H,12,24H2,1-2H3,(H,25,26)/t23-/m0/s1. The third kappa shape index (κ3) is 2.44. The van der Waals surface area contributed by atoms with E-state index in [0.717, 1.165) is 5.56 Å². The number of H-pyrrole nitrogens is 1. The number of methoxy groups -OCH3 is 1. The molecule has 8 nitrogen and oxygen atoms in total. The van der Waals surface area contributed by atoms with Crippen LogP contribution in [0, 0.1) is 6.92 Å². The number of rotatable bonds is 3. The lowest BCUT2D eigenvalue weighted by atomic mass is 9.68. The van der Waals surface area contributed by atoms with Gasteiger partial charge in [0.25, 0.3) is 0 Å². The predicted octanol–water partition coefficient (Wildman–Crippen LogP) is 2.29. The van der Waals surface area contributed by atoms with Crippen molar-refractivity contribution in [3.05, 3.63) is 88.4 Å². The Bertz CT molecular complexity index is 1250. The lowest BCUT2D eigenvalue weighted by Gasteiger charge is -2.34. The third-order valence-electron chi connectivity index (χ3n) is 5.85. The number of nitrogens with one attached hydrogen (secondary N) is 1. The van der Waals surface area contributed by atoms with E-state index in [1.165, 1.54) is 7.11 Å². The number of hydrogen-bond acceptors (Lipinski definition) is 6. The number of aromatic amines is 1. The minimum absolute atomic E-state index is 0.0417. The number of fused-ring (bicyclic) bond motifs is 4. The van der Waals surface area contributed by atoms with Crippen molar-refractivity contribution in [1.29, 1.82) is 0 Å². The highest BCUT2D eigenvalue weighted by molar-refractivity contribution is 6.18. The van der Waals surface area contributed by atoms with Gasteiger partial charge in [-0.1, -0.05) is 48.5 Å². The first-order valence-corrected chi connectivity index (χ1v) is 9.77. The van der Waals surface area contributed by atoms with Crippen molar-refractivity contribution in [2.45, 2.75) is 18.9 Å². The van der Waals surface area contributed by atoms with Crippen LogP contribution < -0.4 is 15.4 Å². The van der Waals surface area contributed by atoms with E-state index in [9.17, 15) is 9.59 Å². The summed E-state index contributed by atoms with van der Waals surface area (Å²) in [6.07, 6.45) is 0. The first-order chi connectivity index (χ1) is 15.0. The molecular weight excluding hydrogens is 396 g/mol. The predicted molar refractivity (Wildman–Crippen MR) is 112 cm³/mol. The number of ether oxygens (including phenoxy) is 2. The maximum atomic E-state index is 14.3. The molecular formula is C23H20N4O4. The van der Waals surface area contributed by atoms with Crippen LogP contribution in [0.15, 0.2) is 66.1 Å². The minimum atomic E-state index is -1.52. The molecule has 1 aromatic heterocycles. The summed E-state index contributed by atoms with van der Waals surface area (Å²) in [4.78, 5) is 28.9. The van der Waals surface area contributed by atoms with Crippen LogP contribution in [0.1, 0.15) is 22.4 Å². The number of benzene rings is 2. The number of carbonyl (C=O) groups is 2. The zero-order valence-electron chi connectivity index (χ0n) is 17.0. The Hall–Kier alpha value is -4.07. The molecule has 156 valence electrons. The van der Waals surface area contributed by atoms with Crippen molar-refractivity contribution in [1.82, 2.24) is 10.2 Å². The molecule has 5 rings (SSSR count). The molecule has 2 aliphatic rings. The molecule has 1 atom stereocenters. The van der Waals surface area contributed by atoms with Gasteiger partial charge >= 0.3 is 5.97 Å². The normalized spacial score (nSPS) is 19.3. The van der Waals surface area contributed by atoms with E-state index < -0.39 is 11.4 Å².